The van der Waals surface area contributed by atoms with Crippen molar-refractivity contribution in [3.63, 3.8) is 0 Å². The first-order valence-corrected chi connectivity index (χ1v) is 11.5. The van der Waals surface area contributed by atoms with E-state index in [1.165, 1.54) is 6.20 Å². The van der Waals surface area contributed by atoms with Crippen LogP contribution in [0.2, 0.25) is 0 Å². The lowest BCUT2D eigenvalue weighted by Crippen LogP contribution is -2.09. The topological polar surface area (TPSA) is 122 Å². The second kappa shape index (κ2) is 8.79. The number of rotatable bonds is 8. The highest BCUT2D eigenvalue weighted by molar-refractivity contribution is 7.92. The minimum Gasteiger partial charge on any atom is -0.481 e. The normalized spacial score (nSPS) is 11.5. The molecule has 4 rings (SSSR count). The van der Waals surface area contributed by atoms with Crippen LogP contribution in [-0.2, 0) is 23.0 Å². The Hall–Kier alpha value is -3.73. The van der Waals surface area contributed by atoms with E-state index < -0.39 is 16.0 Å². The summed E-state index contributed by atoms with van der Waals surface area (Å²) in [5.41, 5.74) is 2.91. The van der Waals surface area contributed by atoms with Crippen LogP contribution in [0.15, 0.2) is 48.9 Å². The van der Waals surface area contributed by atoms with Crippen LogP contribution < -0.4 is 14.8 Å². The number of hydrogen-bond acceptors (Lipinski definition) is 7. The molecule has 0 radical (unpaired) electrons. The molecule has 166 valence electrons. The SMILES string of the molecule is COc1ncccc1CNc1ccc(Cc2c[nH]c3ncc(NS(C)(=O)=O)cc23)c(F)n1. The molecule has 0 unspecified atom stereocenters. The van der Waals surface area contributed by atoms with Crippen LogP contribution in [0.4, 0.5) is 15.9 Å². The summed E-state index contributed by atoms with van der Waals surface area (Å²) in [6, 6.07) is 8.68. The Morgan fingerprint density at radius 1 is 1.16 bits per heavy atom. The first-order valence-electron chi connectivity index (χ1n) is 9.63. The third-order valence-electron chi connectivity index (χ3n) is 4.73. The highest BCUT2D eigenvalue weighted by Gasteiger charge is 2.13. The summed E-state index contributed by atoms with van der Waals surface area (Å²) >= 11 is 0. The summed E-state index contributed by atoms with van der Waals surface area (Å²) in [6.45, 7) is 0.382. The smallest absolute Gasteiger partial charge is 0.229 e. The maximum atomic E-state index is 14.7. The van der Waals surface area contributed by atoms with E-state index in [2.05, 4.69) is 30.0 Å². The zero-order chi connectivity index (χ0) is 22.7. The second-order valence-electron chi connectivity index (χ2n) is 7.16. The van der Waals surface area contributed by atoms with Crippen molar-refractivity contribution < 1.29 is 17.5 Å². The van der Waals surface area contributed by atoms with Crippen molar-refractivity contribution in [1.82, 2.24) is 19.9 Å². The monoisotopic (exact) mass is 456 g/mol. The number of sulfonamides is 1. The number of fused-ring (bicyclic) bond motifs is 1. The lowest BCUT2D eigenvalue weighted by molar-refractivity contribution is 0.393. The molecule has 11 heteroatoms. The predicted molar refractivity (Wildman–Crippen MR) is 120 cm³/mol. The predicted octanol–water partition coefficient (Wildman–Crippen LogP) is 3.08. The average Bonchev–Trinajstić information content (AvgIpc) is 3.15. The van der Waals surface area contributed by atoms with Gasteiger partial charge in [0, 0.05) is 41.9 Å². The van der Waals surface area contributed by atoms with E-state index >= 15 is 0 Å². The average molecular weight is 457 g/mol. The quantitative estimate of drug-likeness (QED) is 0.348. The zero-order valence-corrected chi connectivity index (χ0v) is 18.2. The maximum Gasteiger partial charge on any atom is 0.229 e. The van der Waals surface area contributed by atoms with Crippen molar-refractivity contribution in [3.8, 4) is 5.88 Å². The van der Waals surface area contributed by atoms with Gasteiger partial charge >= 0.3 is 0 Å². The lowest BCUT2D eigenvalue weighted by atomic mass is 10.1. The Morgan fingerprint density at radius 3 is 2.75 bits per heavy atom. The van der Waals surface area contributed by atoms with E-state index in [4.69, 9.17) is 4.74 Å². The van der Waals surface area contributed by atoms with Crippen LogP contribution in [-0.4, -0.2) is 41.7 Å². The van der Waals surface area contributed by atoms with Crippen LogP contribution in [0.1, 0.15) is 16.7 Å². The fraction of sp³-hybridized carbons (Fsp3) is 0.190. The van der Waals surface area contributed by atoms with Gasteiger partial charge in [0.05, 0.1) is 25.2 Å². The molecular formula is C21H21FN6O3S. The number of nitrogens with one attached hydrogen (secondary N) is 3. The number of hydrogen-bond donors (Lipinski definition) is 3. The molecule has 4 aromatic rings. The van der Waals surface area contributed by atoms with Gasteiger partial charge in [0.25, 0.3) is 0 Å². The molecule has 3 N–H and O–H groups in total. The number of pyridine rings is 3. The van der Waals surface area contributed by atoms with Gasteiger partial charge in [-0.3, -0.25) is 4.72 Å². The van der Waals surface area contributed by atoms with Crippen LogP contribution >= 0.6 is 0 Å². The molecule has 0 spiro atoms. The van der Waals surface area contributed by atoms with Crippen LogP contribution in [0.5, 0.6) is 5.88 Å². The molecule has 0 saturated heterocycles. The summed E-state index contributed by atoms with van der Waals surface area (Å²) in [6.07, 6.45) is 6.11. The molecule has 32 heavy (non-hydrogen) atoms. The fourth-order valence-corrected chi connectivity index (χ4v) is 3.84. The summed E-state index contributed by atoms with van der Waals surface area (Å²) in [7, 11) is -1.89. The largest absolute Gasteiger partial charge is 0.481 e. The van der Waals surface area contributed by atoms with Gasteiger partial charge in [-0.15, -0.1) is 0 Å². The van der Waals surface area contributed by atoms with E-state index in [0.717, 1.165) is 17.4 Å². The Morgan fingerprint density at radius 2 is 2.00 bits per heavy atom. The van der Waals surface area contributed by atoms with E-state index in [0.29, 0.717) is 40.5 Å². The van der Waals surface area contributed by atoms with E-state index in [9.17, 15) is 12.8 Å². The van der Waals surface area contributed by atoms with Gasteiger partial charge in [0.1, 0.15) is 11.5 Å². The summed E-state index contributed by atoms with van der Waals surface area (Å²) in [5.74, 6) is 0.285. The van der Waals surface area contributed by atoms with Gasteiger partial charge in [-0.25, -0.2) is 23.4 Å². The first-order chi connectivity index (χ1) is 15.3. The lowest BCUT2D eigenvalue weighted by Gasteiger charge is -2.10. The molecular weight excluding hydrogens is 435 g/mol. The van der Waals surface area contributed by atoms with Gasteiger partial charge in [-0.2, -0.15) is 4.39 Å². The number of anilines is 2. The second-order valence-corrected chi connectivity index (χ2v) is 8.91. The fourth-order valence-electron chi connectivity index (χ4n) is 3.30. The summed E-state index contributed by atoms with van der Waals surface area (Å²) < 4.78 is 45.3. The van der Waals surface area contributed by atoms with Crippen molar-refractivity contribution in [3.05, 3.63) is 71.6 Å². The molecule has 0 aliphatic carbocycles. The molecule has 4 aromatic heterocycles. The molecule has 9 nitrogen and oxygen atoms in total. The molecule has 0 aliphatic rings. The first kappa shape index (κ1) is 21.5. The molecule has 0 saturated carbocycles. The summed E-state index contributed by atoms with van der Waals surface area (Å²) in [4.78, 5) is 15.4. The molecule has 0 bridgehead atoms. The van der Waals surface area contributed by atoms with Crippen LogP contribution in [0, 0.1) is 5.95 Å². The van der Waals surface area contributed by atoms with Crippen molar-refractivity contribution in [2.75, 3.05) is 23.4 Å². The Labute approximate surface area is 184 Å². The van der Waals surface area contributed by atoms with Crippen molar-refractivity contribution >= 4 is 32.6 Å². The third kappa shape index (κ3) is 4.94. The number of halogens is 1. The molecule has 0 aromatic carbocycles. The minimum absolute atomic E-state index is 0.263. The number of aromatic amines is 1. The van der Waals surface area contributed by atoms with Gasteiger partial charge in [0.15, 0.2) is 0 Å². The van der Waals surface area contributed by atoms with E-state index in [1.807, 2.05) is 6.07 Å². The van der Waals surface area contributed by atoms with Gasteiger partial charge in [-0.05, 0) is 23.8 Å². The van der Waals surface area contributed by atoms with Gasteiger partial charge < -0.3 is 15.0 Å². The number of nitrogens with zero attached hydrogens (tertiary/aromatic N) is 3. The molecule has 0 atom stereocenters. The Kier molecular flexibility index (Phi) is 5.91. The standard InChI is InChI=1S/C21H21FN6O3S/c1-31-21-14(4-3-7-23-21)10-24-18-6-5-13(19(22)27-18)8-15-11-25-20-17(15)9-16(12-26-20)28-32(2,29)30/h3-7,9,11-12,28H,8,10H2,1-2H3,(H,24,27)(H,25,26). The van der Waals surface area contributed by atoms with Crippen LogP contribution in [0.3, 0.4) is 0 Å². The van der Waals surface area contributed by atoms with Crippen molar-refractivity contribution in [1.29, 1.82) is 0 Å². The van der Waals surface area contributed by atoms with Crippen LogP contribution in [0.25, 0.3) is 11.0 Å². The van der Waals surface area contributed by atoms with E-state index in [-0.39, 0.29) is 6.42 Å². The molecule has 0 amide bonds. The Bertz CT molecular complexity index is 1370. The van der Waals surface area contributed by atoms with E-state index in [1.54, 1.807) is 43.8 Å². The Balaban J connectivity index is 1.51. The molecule has 0 fully saturated rings. The number of ether oxygens (including phenoxy) is 1. The zero-order valence-electron chi connectivity index (χ0n) is 17.4. The van der Waals surface area contributed by atoms with Crippen molar-refractivity contribution in [2.45, 2.75) is 13.0 Å². The highest BCUT2D eigenvalue weighted by Crippen LogP contribution is 2.24. The number of methoxy groups -OCH3 is 1. The maximum absolute atomic E-state index is 14.7. The van der Waals surface area contributed by atoms with Crippen molar-refractivity contribution in [2.24, 2.45) is 0 Å². The number of H-pyrrole nitrogens is 1. The highest BCUT2D eigenvalue weighted by atomic mass is 32.2. The van der Waals surface area contributed by atoms with Gasteiger partial charge in [-0.1, -0.05) is 12.1 Å². The minimum atomic E-state index is -3.43. The molecule has 0 aliphatic heterocycles. The molecule has 4 heterocycles. The summed E-state index contributed by atoms with van der Waals surface area (Å²) in [5, 5.41) is 3.77. The van der Waals surface area contributed by atoms with Gasteiger partial charge in [0.2, 0.25) is 21.9 Å². The third-order valence-corrected chi connectivity index (χ3v) is 5.34. The number of aromatic nitrogens is 4.